The Morgan fingerprint density at radius 1 is 1.00 bits per heavy atom. The number of oxime groups is 1. The summed E-state index contributed by atoms with van der Waals surface area (Å²) in [4.78, 5) is 4.78. The molecule has 0 fully saturated rings. The molecule has 2 nitrogen and oxygen atoms in total. The predicted molar refractivity (Wildman–Crippen MR) is 76.0 cm³/mol. The van der Waals surface area contributed by atoms with Crippen LogP contribution in [0.2, 0.25) is 0 Å². The Labute approximate surface area is 108 Å². The molecule has 0 saturated heterocycles. The van der Waals surface area contributed by atoms with E-state index in [9.17, 15) is 0 Å². The van der Waals surface area contributed by atoms with E-state index in [4.69, 9.17) is 4.84 Å². The van der Waals surface area contributed by atoms with E-state index >= 15 is 0 Å². The number of hydrogen-bond acceptors (Lipinski definition) is 2. The number of hydrogen-bond donors (Lipinski definition) is 0. The van der Waals surface area contributed by atoms with Crippen LogP contribution in [0.4, 0.5) is 0 Å². The van der Waals surface area contributed by atoms with Crippen molar-refractivity contribution < 1.29 is 4.84 Å². The van der Waals surface area contributed by atoms with Crippen molar-refractivity contribution in [2.45, 2.75) is 13.8 Å². The molecule has 18 heavy (non-hydrogen) atoms. The van der Waals surface area contributed by atoms with Crippen molar-refractivity contribution in [1.82, 2.24) is 0 Å². The molecule has 0 aliphatic rings. The first-order valence-electron chi connectivity index (χ1n) is 5.95. The van der Waals surface area contributed by atoms with Crippen LogP contribution in [0.15, 0.2) is 47.6 Å². The molecule has 0 unspecified atom stereocenters. The summed E-state index contributed by atoms with van der Waals surface area (Å²) in [6.45, 7) is 4.17. The third-order valence-electron chi connectivity index (χ3n) is 2.97. The Bertz CT molecular complexity index is 556. The highest BCUT2D eigenvalue weighted by atomic mass is 16.6. The topological polar surface area (TPSA) is 21.6 Å². The van der Waals surface area contributed by atoms with Gasteiger partial charge in [-0.1, -0.05) is 53.2 Å². The van der Waals surface area contributed by atoms with E-state index in [0.29, 0.717) is 0 Å². The Morgan fingerprint density at radius 3 is 2.39 bits per heavy atom. The Balaban J connectivity index is 2.53. The third-order valence-corrected chi connectivity index (χ3v) is 2.97. The van der Waals surface area contributed by atoms with Gasteiger partial charge in [0.1, 0.15) is 7.11 Å². The van der Waals surface area contributed by atoms with Gasteiger partial charge in [-0.15, -0.1) is 0 Å². The number of nitrogens with zero attached hydrogens (tertiary/aromatic N) is 1. The van der Waals surface area contributed by atoms with Crippen molar-refractivity contribution in [3.8, 4) is 11.1 Å². The highest BCUT2D eigenvalue weighted by Gasteiger charge is 2.05. The molecule has 0 N–H and O–H groups in total. The second-order valence-electron chi connectivity index (χ2n) is 4.32. The van der Waals surface area contributed by atoms with Gasteiger partial charge in [-0.3, -0.25) is 0 Å². The van der Waals surface area contributed by atoms with Crippen molar-refractivity contribution in [2.75, 3.05) is 7.11 Å². The molecule has 0 radical (unpaired) electrons. The van der Waals surface area contributed by atoms with Gasteiger partial charge in [0.05, 0.1) is 6.21 Å². The summed E-state index contributed by atoms with van der Waals surface area (Å²) >= 11 is 0. The van der Waals surface area contributed by atoms with Gasteiger partial charge in [-0.05, 0) is 30.5 Å². The first-order valence-corrected chi connectivity index (χ1v) is 5.95. The van der Waals surface area contributed by atoms with E-state index in [1.807, 2.05) is 0 Å². The van der Waals surface area contributed by atoms with E-state index < -0.39 is 0 Å². The summed E-state index contributed by atoms with van der Waals surface area (Å²) in [5, 5.41) is 3.88. The average Bonchev–Trinajstić information content (AvgIpc) is 2.38. The molecular weight excluding hydrogens is 222 g/mol. The summed E-state index contributed by atoms with van der Waals surface area (Å²) < 4.78 is 0. The van der Waals surface area contributed by atoms with Gasteiger partial charge >= 0.3 is 0 Å². The fraction of sp³-hybridized carbons (Fsp3) is 0.188. The van der Waals surface area contributed by atoms with Gasteiger partial charge in [-0.2, -0.15) is 0 Å². The van der Waals surface area contributed by atoms with Crippen LogP contribution in [-0.2, 0) is 4.84 Å². The van der Waals surface area contributed by atoms with Crippen LogP contribution in [0.5, 0.6) is 0 Å². The monoisotopic (exact) mass is 239 g/mol. The molecule has 0 amide bonds. The van der Waals surface area contributed by atoms with Gasteiger partial charge in [0, 0.05) is 5.56 Å². The molecule has 0 aromatic heterocycles. The van der Waals surface area contributed by atoms with Gasteiger partial charge < -0.3 is 4.84 Å². The van der Waals surface area contributed by atoms with Crippen LogP contribution in [-0.4, -0.2) is 13.3 Å². The Kier molecular flexibility index (Phi) is 3.78. The lowest BCUT2D eigenvalue weighted by molar-refractivity contribution is 0.215. The van der Waals surface area contributed by atoms with Gasteiger partial charge in [-0.25, -0.2) is 0 Å². The maximum Gasteiger partial charge on any atom is 0.106 e. The standard InChI is InChI=1S/C16H17NO/c1-12-7-9-14(10-8-12)15-6-4-5-13(2)16(15)11-17-18-3/h4-11H,1-3H3/b17-11+. The predicted octanol–water partition coefficient (Wildman–Crippen LogP) is 3.95. The molecule has 2 aromatic rings. The van der Waals surface area contributed by atoms with Crippen molar-refractivity contribution in [3.05, 3.63) is 59.2 Å². The van der Waals surface area contributed by atoms with E-state index in [1.165, 1.54) is 22.3 Å². The summed E-state index contributed by atoms with van der Waals surface area (Å²) in [7, 11) is 1.56. The van der Waals surface area contributed by atoms with E-state index in [0.717, 1.165) is 5.56 Å². The average molecular weight is 239 g/mol. The Morgan fingerprint density at radius 2 is 1.72 bits per heavy atom. The smallest absolute Gasteiger partial charge is 0.106 e. The molecule has 2 aromatic carbocycles. The van der Waals surface area contributed by atoms with Crippen LogP contribution >= 0.6 is 0 Å². The molecule has 0 atom stereocenters. The van der Waals surface area contributed by atoms with Crippen molar-refractivity contribution in [3.63, 3.8) is 0 Å². The van der Waals surface area contributed by atoms with Gasteiger partial charge in [0.15, 0.2) is 0 Å². The van der Waals surface area contributed by atoms with E-state index in [1.54, 1.807) is 13.3 Å². The van der Waals surface area contributed by atoms with Crippen molar-refractivity contribution in [2.24, 2.45) is 5.16 Å². The lowest BCUT2D eigenvalue weighted by atomic mass is 9.96. The highest BCUT2D eigenvalue weighted by Crippen LogP contribution is 2.25. The summed E-state index contributed by atoms with van der Waals surface area (Å²) in [5.74, 6) is 0. The molecule has 0 saturated carbocycles. The number of rotatable bonds is 3. The normalized spacial score (nSPS) is 10.8. The zero-order chi connectivity index (χ0) is 13.0. The second-order valence-corrected chi connectivity index (χ2v) is 4.32. The third kappa shape index (κ3) is 2.59. The summed E-state index contributed by atoms with van der Waals surface area (Å²) in [6, 6.07) is 14.8. The highest BCUT2D eigenvalue weighted by molar-refractivity contribution is 5.91. The maximum absolute atomic E-state index is 4.78. The number of aryl methyl sites for hydroxylation is 2. The molecule has 0 aliphatic heterocycles. The Hall–Kier alpha value is -2.09. The van der Waals surface area contributed by atoms with E-state index in [-0.39, 0.29) is 0 Å². The quantitative estimate of drug-likeness (QED) is 0.587. The molecule has 0 bridgehead atoms. The molecule has 92 valence electrons. The fourth-order valence-corrected chi connectivity index (χ4v) is 1.94. The molecule has 0 heterocycles. The molecular formula is C16H17NO. The minimum absolute atomic E-state index is 1.10. The van der Waals surface area contributed by atoms with Crippen LogP contribution in [0.1, 0.15) is 16.7 Å². The SMILES string of the molecule is CO/N=C/c1c(C)cccc1-c1ccc(C)cc1. The lowest BCUT2D eigenvalue weighted by Gasteiger charge is -2.09. The maximum atomic E-state index is 4.78. The van der Waals surface area contributed by atoms with Crippen LogP contribution in [0.25, 0.3) is 11.1 Å². The fourth-order valence-electron chi connectivity index (χ4n) is 1.94. The van der Waals surface area contributed by atoms with Crippen LogP contribution in [0.3, 0.4) is 0 Å². The molecule has 2 heteroatoms. The molecule has 0 spiro atoms. The molecule has 2 rings (SSSR count). The number of benzene rings is 2. The summed E-state index contributed by atoms with van der Waals surface area (Å²) in [6.07, 6.45) is 1.77. The first-order chi connectivity index (χ1) is 8.72. The van der Waals surface area contributed by atoms with Gasteiger partial charge in [0.25, 0.3) is 0 Å². The zero-order valence-corrected chi connectivity index (χ0v) is 11.0. The largest absolute Gasteiger partial charge is 0.399 e. The minimum Gasteiger partial charge on any atom is -0.399 e. The minimum atomic E-state index is 1.10. The second kappa shape index (κ2) is 5.50. The van der Waals surface area contributed by atoms with Crippen LogP contribution in [0, 0.1) is 13.8 Å². The van der Waals surface area contributed by atoms with Gasteiger partial charge in [0.2, 0.25) is 0 Å². The van der Waals surface area contributed by atoms with E-state index in [2.05, 4.69) is 61.5 Å². The first kappa shape index (κ1) is 12.4. The summed E-state index contributed by atoms with van der Waals surface area (Å²) in [5.41, 5.74) is 5.92. The molecule has 0 aliphatic carbocycles. The van der Waals surface area contributed by atoms with Crippen LogP contribution < -0.4 is 0 Å². The lowest BCUT2D eigenvalue weighted by Crippen LogP contribution is -1.93. The zero-order valence-electron chi connectivity index (χ0n) is 11.0. The van der Waals surface area contributed by atoms with Crippen molar-refractivity contribution >= 4 is 6.21 Å². The van der Waals surface area contributed by atoms with Crippen molar-refractivity contribution in [1.29, 1.82) is 0 Å².